The largest absolute Gasteiger partial charge is 0.206 e. The van der Waals surface area contributed by atoms with Crippen LogP contribution in [0.25, 0.3) is 10.8 Å². The SMILES string of the molecule is Fc1ccc2ccccc2c1Sc1ccccc1I. The molecule has 3 heteroatoms. The fraction of sp³-hybridized carbons (Fsp3) is 0. The van der Waals surface area contributed by atoms with Gasteiger partial charge in [0.15, 0.2) is 0 Å². The van der Waals surface area contributed by atoms with Gasteiger partial charge in [0.1, 0.15) is 5.82 Å². The monoisotopic (exact) mass is 380 g/mol. The zero-order chi connectivity index (χ0) is 13.2. The molecule has 0 unspecified atom stereocenters. The van der Waals surface area contributed by atoms with E-state index in [1.807, 2.05) is 54.6 Å². The molecular weight excluding hydrogens is 370 g/mol. The summed E-state index contributed by atoms with van der Waals surface area (Å²) < 4.78 is 15.3. The van der Waals surface area contributed by atoms with Crippen LogP contribution in [0.1, 0.15) is 0 Å². The Morgan fingerprint density at radius 3 is 2.42 bits per heavy atom. The first-order valence-electron chi connectivity index (χ1n) is 5.85. The number of rotatable bonds is 2. The first kappa shape index (κ1) is 12.9. The molecule has 0 N–H and O–H groups in total. The molecule has 0 aliphatic heterocycles. The maximum atomic E-state index is 14.1. The molecular formula is C16H10FIS. The van der Waals surface area contributed by atoms with Crippen LogP contribution in [0.3, 0.4) is 0 Å². The van der Waals surface area contributed by atoms with Gasteiger partial charge >= 0.3 is 0 Å². The molecule has 3 aromatic carbocycles. The summed E-state index contributed by atoms with van der Waals surface area (Å²) in [5.41, 5.74) is 0. The van der Waals surface area contributed by atoms with E-state index in [0.29, 0.717) is 4.90 Å². The van der Waals surface area contributed by atoms with Gasteiger partial charge < -0.3 is 0 Å². The highest BCUT2D eigenvalue weighted by atomic mass is 127. The van der Waals surface area contributed by atoms with Crippen LogP contribution in [0.5, 0.6) is 0 Å². The van der Waals surface area contributed by atoms with Gasteiger partial charge in [-0.25, -0.2) is 4.39 Å². The molecule has 0 aliphatic rings. The Morgan fingerprint density at radius 2 is 1.58 bits per heavy atom. The van der Waals surface area contributed by atoms with E-state index < -0.39 is 0 Å². The summed E-state index contributed by atoms with van der Waals surface area (Å²) in [7, 11) is 0. The molecule has 0 fully saturated rings. The van der Waals surface area contributed by atoms with Gasteiger partial charge in [-0.1, -0.05) is 54.2 Å². The second-order valence-corrected chi connectivity index (χ2v) is 6.34. The van der Waals surface area contributed by atoms with Gasteiger partial charge in [0.2, 0.25) is 0 Å². The van der Waals surface area contributed by atoms with E-state index in [2.05, 4.69) is 22.6 Å². The third-order valence-electron chi connectivity index (χ3n) is 2.88. The van der Waals surface area contributed by atoms with E-state index in [1.165, 1.54) is 11.8 Å². The van der Waals surface area contributed by atoms with E-state index in [4.69, 9.17) is 0 Å². The fourth-order valence-electron chi connectivity index (χ4n) is 1.96. The van der Waals surface area contributed by atoms with Crippen molar-refractivity contribution in [1.82, 2.24) is 0 Å². The number of hydrogen-bond donors (Lipinski definition) is 0. The van der Waals surface area contributed by atoms with Gasteiger partial charge in [-0.05, 0) is 51.6 Å². The van der Waals surface area contributed by atoms with Crippen LogP contribution in [-0.2, 0) is 0 Å². The van der Waals surface area contributed by atoms with Crippen molar-refractivity contribution in [2.24, 2.45) is 0 Å². The maximum absolute atomic E-state index is 14.1. The van der Waals surface area contributed by atoms with Crippen LogP contribution in [0.4, 0.5) is 4.39 Å². The van der Waals surface area contributed by atoms with Gasteiger partial charge in [0.05, 0.1) is 4.90 Å². The lowest BCUT2D eigenvalue weighted by Gasteiger charge is -2.09. The first-order valence-corrected chi connectivity index (χ1v) is 7.75. The lowest BCUT2D eigenvalue weighted by atomic mass is 10.1. The van der Waals surface area contributed by atoms with Crippen LogP contribution >= 0.6 is 34.4 Å². The molecule has 3 aromatic rings. The molecule has 3 rings (SSSR count). The molecule has 0 nitrogen and oxygen atoms in total. The number of benzene rings is 3. The third kappa shape index (κ3) is 2.62. The summed E-state index contributed by atoms with van der Waals surface area (Å²) >= 11 is 3.77. The molecule has 0 saturated heterocycles. The molecule has 0 aliphatic carbocycles. The minimum atomic E-state index is -0.164. The Hall–Kier alpha value is -1.07. The lowest BCUT2D eigenvalue weighted by Crippen LogP contribution is -1.85. The van der Waals surface area contributed by atoms with Crippen molar-refractivity contribution in [3.05, 3.63) is 70.1 Å². The van der Waals surface area contributed by atoms with Gasteiger partial charge in [-0.15, -0.1) is 0 Å². The Bertz CT molecular complexity index is 740. The highest BCUT2D eigenvalue weighted by Crippen LogP contribution is 2.37. The number of halogens is 2. The van der Waals surface area contributed by atoms with E-state index in [9.17, 15) is 4.39 Å². The molecule has 0 atom stereocenters. The van der Waals surface area contributed by atoms with Crippen LogP contribution in [0, 0.1) is 9.39 Å². The summed E-state index contributed by atoms with van der Waals surface area (Å²) in [4.78, 5) is 1.78. The molecule has 19 heavy (non-hydrogen) atoms. The van der Waals surface area contributed by atoms with Crippen molar-refractivity contribution in [3.8, 4) is 0 Å². The fourth-order valence-corrected chi connectivity index (χ4v) is 3.67. The van der Waals surface area contributed by atoms with Gasteiger partial charge in [-0.3, -0.25) is 0 Å². The molecule has 0 radical (unpaired) electrons. The van der Waals surface area contributed by atoms with Gasteiger partial charge in [0, 0.05) is 8.47 Å². The van der Waals surface area contributed by atoms with Crippen molar-refractivity contribution in [3.63, 3.8) is 0 Å². The Balaban J connectivity index is 2.15. The molecule has 0 saturated carbocycles. The highest BCUT2D eigenvalue weighted by Gasteiger charge is 2.10. The predicted octanol–water partition coefficient (Wildman–Crippen LogP) is 5.73. The molecule has 0 heterocycles. The van der Waals surface area contributed by atoms with Crippen LogP contribution < -0.4 is 0 Å². The minimum Gasteiger partial charge on any atom is -0.206 e. The molecule has 0 spiro atoms. The van der Waals surface area contributed by atoms with E-state index in [0.717, 1.165) is 19.2 Å². The number of fused-ring (bicyclic) bond motifs is 1. The highest BCUT2D eigenvalue weighted by molar-refractivity contribution is 14.1. The van der Waals surface area contributed by atoms with Crippen LogP contribution in [-0.4, -0.2) is 0 Å². The molecule has 0 amide bonds. The van der Waals surface area contributed by atoms with Crippen molar-refractivity contribution < 1.29 is 4.39 Å². The summed E-state index contributed by atoms with van der Waals surface area (Å²) in [6, 6.07) is 19.3. The normalized spacial score (nSPS) is 10.8. The minimum absolute atomic E-state index is 0.164. The van der Waals surface area contributed by atoms with Crippen molar-refractivity contribution in [1.29, 1.82) is 0 Å². The molecule has 0 bridgehead atoms. The average molecular weight is 380 g/mol. The Kier molecular flexibility index (Phi) is 3.75. The second-order valence-electron chi connectivity index (χ2n) is 4.13. The summed E-state index contributed by atoms with van der Waals surface area (Å²) in [6.45, 7) is 0. The van der Waals surface area contributed by atoms with E-state index >= 15 is 0 Å². The topological polar surface area (TPSA) is 0 Å². The van der Waals surface area contributed by atoms with Crippen LogP contribution in [0.2, 0.25) is 0 Å². The summed E-state index contributed by atoms with van der Waals surface area (Å²) in [6.07, 6.45) is 0. The predicted molar refractivity (Wildman–Crippen MR) is 87.2 cm³/mol. The van der Waals surface area contributed by atoms with Crippen LogP contribution in [0.15, 0.2) is 70.5 Å². The zero-order valence-corrected chi connectivity index (χ0v) is 12.9. The first-order chi connectivity index (χ1) is 9.25. The van der Waals surface area contributed by atoms with Crippen molar-refractivity contribution >= 4 is 45.1 Å². The summed E-state index contributed by atoms with van der Waals surface area (Å²) in [5.74, 6) is -0.164. The van der Waals surface area contributed by atoms with Crippen molar-refractivity contribution in [2.45, 2.75) is 9.79 Å². The lowest BCUT2D eigenvalue weighted by molar-refractivity contribution is 0.605. The standard InChI is InChI=1S/C16H10FIS/c17-13-10-9-11-5-1-2-6-12(11)16(13)19-15-8-4-3-7-14(15)18/h1-10H. The maximum Gasteiger partial charge on any atom is 0.137 e. The quantitative estimate of drug-likeness (QED) is 0.512. The van der Waals surface area contributed by atoms with Gasteiger partial charge in [-0.2, -0.15) is 0 Å². The van der Waals surface area contributed by atoms with Crippen molar-refractivity contribution in [2.75, 3.05) is 0 Å². The average Bonchev–Trinajstić information content (AvgIpc) is 2.44. The molecule has 0 aromatic heterocycles. The van der Waals surface area contributed by atoms with Gasteiger partial charge in [0.25, 0.3) is 0 Å². The summed E-state index contributed by atoms with van der Waals surface area (Å²) in [5, 5.41) is 2.03. The number of hydrogen-bond acceptors (Lipinski definition) is 1. The molecule has 94 valence electrons. The third-order valence-corrected chi connectivity index (χ3v) is 5.38. The Morgan fingerprint density at radius 1 is 0.842 bits per heavy atom. The van der Waals surface area contributed by atoms with E-state index in [-0.39, 0.29) is 5.82 Å². The Labute approximate surface area is 129 Å². The van der Waals surface area contributed by atoms with E-state index in [1.54, 1.807) is 6.07 Å². The zero-order valence-electron chi connectivity index (χ0n) is 9.94. The second kappa shape index (κ2) is 5.51. The smallest absolute Gasteiger partial charge is 0.137 e.